The first-order valence-corrected chi connectivity index (χ1v) is 5.09. The van der Waals surface area contributed by atoms with Crippen LogP contribution in [0.25, 0.3) is 0 Å². The fraction of sp³-hybridized carbons (Fsp3) is 0.417. The van der Waals surface area contributed by atoms with Gasteiger partial charge in [0.2, 0.25) is 0 Å². The number of hydrogen-bond acceptors (Lipinski definition) is 2. The lowest BCUT2D eigenvalue weighted by Gasteiger charge is -2.22. The minimum atomic E-state index is -0.840. The van der Waals surface area contributed by atoms with Crippen LogP contribution < -0.4 is 0 Å². The Morgan fingerprint density at radius 2 is 2.14 bits per heavy atom. The molecule has 72 valence electrons. The molecular formula is C12H12O2. The molecule has 0 unspecified atom stereocenters. The lowest BCUT2D eigenvalue weighted by atomic mass is 9.90. The molecule has 3 rings (SSSR count). The maximum atomic E-state index is 11.9. The molecule has 2 aliphatic rings. The summed E-state index contributed by atoms with van der Waals surface area (Å²) in [6.45, 7) is 0. The highest BCUT2D eigenvalue weighted by molar-refractivity contribution is 6.04. The van der Waals surface area contributed by atoms with Crippen molar-refractivity contribution in [3.8, 4) is 0 Å². The van der Waals surface area contributed by atoms with Gasteiger partial charge in [0.05, 0.1) is 5.92 Å². The zero-order chi connectivity index (χ0) is 9.76. The van der Waals surface area contributed by atoms with Crippen molar-refractivity contribution in [3.05, 3.63) is 35.4 Å². The molecular weight excluding hydrogens is 176 g/mol. The third-order valence-corrected chi connectivity index (χ3v) is 3.60. The lowest BCUT2D eigenvalue weighted by Crippen LogP contribution is -2.27. The Labute approximate surface area is 82.6 Å². The van der Waals surface area contributed by atoms with Crippen LogP contribution in [0, 0.1) is 5.92 Å². The summed E-state index contributed by atoms with van der Waals surface area (Å²) in [4.78, 5) is 11.9. The van der Waals surface area contributed by atoms with E-state index in [9.17, 15) is 9.90 Å². The first-order chi connectivity index (χ1) is 6.73. The molecule has 0 spiro atoms. The molecule has 0 aliphatic heterocycles. The second kappa shape index (κ2) is 2.45. The van der Waals surface area contributed by atoms with Gasteiger partial charge in [-0.05, 0) is 24.8 Å². The number of fused-ring (bicyclic) bond motifs is 3. The average molecular weight is 188 g/mol. The van der Waals surface area contributed by atoms with Crippen molar-refractivity contribution < 1.29 is 9.90 Å². The van der Waals surface area contributed by atoms with Crippen molar-refractivity contribution in [3.63, 3.8) is 0 Å². The summed E-state index contributed by atoms with van der Waals surface area (Å²) in [5.74, 6) is -0.0273. The van der Waals surface area contributed by atoms with Gasteiger partial charge in [0.1, 0.15) is 5.60 Å². The van der Waals surface area contributed by atoms with Crippen molar-refractivity contribution >= 4 is 5.78 Å². The Morgan fingerprint density at radius 3 is 3.00 bits per heavy atom. The number of benzene rings is 1. The molecule has 0 heterocycles. The SMILES string of the molecule is O=C1c2ccccc2[C@@]2(O)CCC[C@@H]12. The van der Waals surface area contributed by atoms with Crippen LogP contribution in [0.15, 0.2) is 24.3 Å². The predicted octanol–water partition coefficient (Wildman–Crippen LogP) is 1.87. The molecule has 1 fully saturated rings. The van der Waals surface area contributed by atoms with E-state index in [0.717, 1.165) is 30.4 Å². The van der Waals surface area contributed by atoms with E-state index in [4.69, 9.17) is 0 Å². The Hall–Kier alpha value is -1.15. The van der Waals surface area contributed by atoms with E-state index in [1.807, 2.05) is 24.3 Å². The Kier molecular flexibility index (Phi) is 1.43. The summed E-state index contributed by atoms with van der Waals surface area (Å²) in [5.41, 5.74) is 0.750. The number of rotatable bonds is 0. The topological polar surface area (TPSA) is 37.3 Å². The summed E-state index contributed by atoms with van der Waals surface area (Å²) in [6.07, 6.45) is 2.53. The third-order valence-electron chi connectivity index (χ3n) is 3.60. The van der Waals surface area contributed by atoms with Crippen molar-refractivity contribution in [1.82, 2.24) is 0 Å². The van der Waals surface area contributed by atoms with Gasteiger partial charge < -0.3 is 5.11 Å². The van der Waals surface area contributed by atoms with Gasteiger partial charge in [-0.1, -0.05) is 24.3 Å². The van der Waals surface area contributed by atoms with Gasteiger partial charge in [0.15, 0.2) is 5.78 Å². The Bertz CT molecular complexity index is 411. The quantitative estimate of drug-likeness (QED) is 0.674. The van der Waals surface area contributed by atoms with Gasteiger partial charge in [-0.2, -0.15) is 0 Å². The van der Waals surface area contributed by atoms with Crippen molar-refractivity contribution in [1.29, 1.82) is 0 Å². The molecule has 14 heavy (non-hydrogen) atoms. The van der Waals surface area contributed by atoms with Crippen LogP contribution in [0.4, 0.5) is 0 Å². The number of carbonyl (C=O) groups is 1. The van der Waals surface area contributed by atoms with Crippen molar-refractivity contribution in [2.45, 2.75) is 24.9 Å². The largest absolute Gasteiger partial charge is 0.384 e. The Morgan fingerprint density at radius 1 is 1.36 bits per heavy atom. The standard InChI is InChI=1S/C12H12O2/c13-11-8-4-1-2-5-9(8)12(14)7-3-6-10(11)12/h1-2,4-5,10,14H,3,6-7H2/t10-,12-/m0/s1. The van der Waals surface area contributed by atoms with E-state index in [-0.39, 0.29) is 11.7 Å². The van der Waals surface area contributed by atoms with Gasteiger partial charge in [0, 0.05) is 5.56 Å². The maximum absolute atomic E-state index is 11.9. The van der Waals surface area contributed by atoms with Crippen LogP contribution >= 0.6 is 0 Å². The number of carbonyl (C=O) groups excluding carboxylic acids is 1. The van der Waals surface area contributed by atoms with E-state index in [1.54, 1.807) is 0 Å². The Balaban J connectivity index is 2.26. The van der Waals surface area contributed by atoms with E-state index in [0.29, 0.717) is 0 Å². The zero-order valence-corrected chi connectivity index (χ0v) is 7.86. The summed E-state index contributed by atoms with van der Waals surface area (Å²) < 4.78 is 0. The highest BCUT2D eigenvalue weighted by Gasteiger charge is 2.53. The highest BCUT2D eigenvalue weighted by Crippen LogP contribution is 2.51. The van der Waals surface area contributed by atoms with Crippen LogP contribution in [0.2, 0.25) is 0 Å². The molecule has 0 bridgehead atoms. The van der Waals surface area contributed by atoms with Crippen LogP contribution in [-0.4, -0.2) is 10.9 Å². The number of hydrogen-bond donors (Lipinski definition) is 1. The van der Waals surface area contributed by atoms with Gasteiger partial charge >= 0.3 is 0 Å². The van der Waals surface area contributed by atoms with Crippen LogP contribution in [0.3, 0.4) is 0 Å². The molecule has 0 saturated heterocycles. The predicted molar refractivity (Wildman–Crippen MR) is 52.0 cm³/mol. The fourth-order valence-corrected chi connectivity index (χ4v) is 2.92. The fourth-order valence-electron chi connectivity index (χ4n) is 2.92. The minimum Gasteiger partial charge on any atom is -0.384 e. The monoisotopic (exact) mass is 188 g/mol. The average Bonchev–Trinajstić information content (AvgIpc) is 2.67. The molecule has 2 nitrogen and oxygen atoms in total. The highest BCUT2D eigenvalue weighted by atomic mass is 16.3. The molecule has 2 atom stereocenters. The van der Waals surface area contributed by atoms with Gasteiger partial charge in [-0.25, -0.2) is 0 Å². The first-order valence-electron chi connectivity index (χ1n) is 5.09. The number of Topliss-reactive ketones (excluding diaryl/α,β-unsaturated/α-hetero) is 1. The van der Waals surface area contributed by atoms with Gasteiger partial charge in [-0.3, -0.25) is 4.79 Å². The summed E-state index contributed by atoms with van der Waals surface area (Å²) in [5, 5.41) is 10.4. The molecule has 1 N–H and O–H groups in total. The molecule has 1 aromatic carbocycles. The normalized spacial score (nSPS) is 34.4. The minimum absolute atomic E-state index is 0.139. The van der Waals surface area contributed by atoms with Crippen LogP contribution in [-0.2, 0) is 5.60 Å². The van der Waals surface area contributed by atoms with E-state index < -0.39 is 5.60 Å². The van der Waals surface area contributed by atoms with E-state index >= 15 is 0 Å². The zero-order valence-electron chi connectivity index (χ0n) is 7.86. The van der Waals surface area contributed by atoms with Crippen LogP contribution in [0.5, 0.6) is 0 Å². The van der Waals surface area contributed by atoms with Crippen LogP contribution in [0.1, 0.15) is 35.2 Å². The molecule has 1 saturated carbocycles. The molecule has 2 aliphatic carbocycles. The smallest absolute Gasteiger partial charge is 0.169 e. The molecule has 2 heteroatoms. The number of aliphatic hydroxyl groups is 1. The second-order valence-corrected chi connectivity index (χ2v) is 4.28. The van der Waals surface area contributed by atoms with Gasteiger partial charge in [0.25, 0.3) is 0 Å². The van der Waals surface area contributed by atoms with E-state index in [1.165, 1.54) is 0 Å². The molecule has 0 radical (unpaired) electrons. The summed E-state index contributed by atoms with van der Waals surface area (Å²) in [7, 11) is 0. The molecule has 1 aromatic rings. The summed E-state index contributed by atoms with van der Waals surface area (Å²) in [6, 6.07) is 7.47. The summed E-state index contributed by atoms with van der Waals surface area (Å²) >= 11 is 0. The van der Waals surface area contributed by atoms with Gasteiger partial charge in [-0.15, -0.1) is 0 Å². The number of ketones is 1. The third kappa shape index (κ3) is 0.775. The van der Waals surface area contributed by atoms with Crippen molar-refractivity contribution in [2.24, 2.45) is 5.92 Å². The first kappa shape index (κ1) is 8.18. The van der Waals surface area contributed by atoms with E-state index in [2.05, 4.69) is 0 Å². The molecule has 0 aromatic heterocycles. The molecule has 0 amide bonds. The van der Waals surface area contributed by atoms with Crippen molar-refractivity contribution in [2.75, 3.05) is 0 Å². The lowest BCUT2D eigenvalue weighted by molar-refractivity contribution is 0.0132. The second-order valence-electron chi connectivity index (χ2n) is 4.28. The maximum Gasteiger partial charge on any atom is 0.169 e.